The highest BCUT2D eigenvalue weighted by molar-refractivity contribution is 7.88. The first-order valence-corrected chi connectivity index (χ1v) is 11.5. The van der Waals surface area contributed by atoms with Gasteiger partial charge in [0, 0.05) is 17.2 Å². The second kappa shape index (κ2) is 9.57. The van der Waals surface area contributed by atoms with E-state index < -0.39 is 51.2 Å². The molecule has 4 rings (SSSR count). The smallest absolute Gasteiger partial charge is 0.493 e. The van der Waals surface area contributed by atoms with Crippen molar-refractivity contribution in [3.8, 4) is 11.5 Å². The third-order valence-electron chi connectivity index (χ3n) is 5.00. The number of halogens is 5. The molecule has 0 heterocycles. The third kappa shape index (κ3) is 4.87. The Balaban J connectivity index is 2.03. The molecule has 0 unspecified atom stereocenters. The Morgan fingerprint density at radius 3 is 2.03 bits per heavy atom. The average Bonchev–Trinajstić information content (AvgIpc) is 2.85. The van der Waals surface area contributed by atoms with Gasteiger partial charge in [-0.3, -0.25) is 0 Å². The fourth-order valence-corrected chi connectivity index (χ4v) is 3.91. The van der Waals surface area contributed by atoms with E-state index in [9.17, 15) is 30.4 Å². The second-order valence-electron chi connectivity index (χ2n) is 7.36. The molecular weight excluding hydrogens is 505 g/mol. The number of rotatable bonds is 6. The predicted molar refractivity (Wildman–Crippen MR) is 124 cm³/mol. The largest absolute Gasteiger partial charge is 0.534 e. The zero-order valence-corrected chi connectivity index (χ0v) is 18.9. The molecule has 0 saturated heterocycles. The lowest BCUT2D eigenvalue weighted by atomic mass is 10.0. The second-order valence-corrected chi connectivity index (χ2v) is 8.90. The number of fused-ring (bicyclic) bond motifs is 1. The lowest BCUT2D eigenvalue weighted by Crippen LogP contribution is -2.28. The van der Waals surface area contributed by atoms with E-state index in [0.717, 1.165) is 6.07 Å². The standard InChI is InChI=1S/C25H16F5NO4S/c1-34-24-21-17(13-19(26)22(24)27)12-18(14-20(21)35-36(32,33)25(28,29)30)31-23(15-8-4-2-5-9-15)16-10-6-3-7-11-16/h2-14H,1H3/i1D. The summed E-state index contributed by atoms with van der Waals surface area (Å²) in [5, 5.41) is -0.879. The van der Waals surface area contributed by atoms with Crippen molar-refractivity contribution in [3.63, 3.8) is 0 Å². The van der Waals surface area contributed by atoms with Gasteiger partial charge in [-0.05, 0) is 17.5 Å². The highest BCUT2D eigenvalue weighted by Crippen LogP contribution is 2.42. The monoisotopic (exact) mass is 522 g/mol. The zero-order valence-electron chi connectivity index (χ0n) is 19.1. The lowest BCUT2D eigenvalue weighted by Gasteiger charge is -2.15. The molecule has 0 aliphatic rings. The number of ether oxygens (including phenoxy) is 1. The number of benzene rings is 4. The fraction of sp³-hybridized carbons (Fsp3) is 0.0800. The summed E-state index contributed by atoms with van der Waals surface area (Å²) < 4.78 is 108. The molecule has 0 saturated carbocycles. The van der Waals surface area contributed by atoms with Crippen LogP contribution >= 0.6 is 0 Å². The number of alkyl halides is 3. The van der Waals surface area contributed by atoms with E-state index in [0.29, 0.717) is 22.9 Å². The quantitative estimate of drug-likeness (QED) is 0.125. The highest BCUT2D eigenvalue weighted by atomic mass is 32.2. The molecule has 36 heavy (non-hydrogen) atoms. The Morgan fingerprint density at radius 2 is 1.50 bits per heavy atom. The number of nitrogens with zero attached hydrogens (tertiary/aromatic N) is 1. The van der Waals surface area contributed by atoms with Crippen LogP contribution in [0.4, 0.5) is 27.6 Å². The van der Waals surface area contributed by atoms with Crippen LogP contribution in [0, 0.1) is 11.6 Å². The van der Waals surface area contributed by atoms with Crippen molar-refractivity contribution in [2.45, 2.75) is 5.51 Å². The van der Waals surface area contributed by atoms with Crippen molar-refractivity contribution in [2.24, 2.45) is 4.99 Å². The van der Waals surface area contributed by atoms with E-state index in [4.69, 9.17) is 6.11 Å². The van der Waals surface area contributed by atoms with Gasteiger partial charge >= 0.3 is 15.6 Å². The van der Waals surface area contributed by atoms with E-state index in [1.54, 1.807) is 60.7 Å². The van der Waals surface area contributed by atoms with Crippen molar-refractivity contribution in [1.82, 2.24) is 0 Å². The zero-order chi connectivity index (χ0) is 26.8. The Labute approximate surface area is 204 Å². The highest BCUT2D eigenvalue weighted by Gasteiger charge is 2.49. The maximum absolute atomic E-state index is 14.5. The molecule has 0 N–H and O–H groups in total. The van der Waals surface area contributed by atoms with Crippen molar-refractivity contribution in [2.75, 3.05) is 7.09 Å². The summed E-state index contributed by atoms with van der Waals surface area (Å²) in [4.78, 5) is 4.50. The average molecular weight is 522 g/mol. The summed E-state index contributed by atoms with van der Waals surface area (Å²) in [7, 11) is -7.15. The number of hydrogen-bond acceptors (Lipinski definition) is 5. The normalized spacial score (nSPS) is 12.2. The van der Waals surface area contributed by atoms with Crippen LogP contribution < -0.4 is 8.92 Å². The van der Waals surface area contributed by atoms with Gasteiger partial charge in [-0.15, -0.1) is 0 Å². The summed E-state index contributed by atoms with van der Waals surface area (Å²) in [5.74, 6) is -5.04. The van der Waals surface area contributed by atoms with Gasteiger partial charge in [0.1, 0.15) is 0 Å². The first kappa shape index (κ1) is 23.7. The minimum atomic E-state index is -6.21. The molecule has 11 heteroatoms. The molecule has 0 radical (unpaired) electrons. The molecule has 186 valence electrons. The van der Waals surface area contributed by atoms with Crippen LogP contribution in [0.25, 0.3) is 10.8 Å². The SMILES string of the molecule is [2H]COc1c(F)c(F)cc2cc(N=C(c3ccccc3)c3ccccc3)cc(OS(=O)(=O)C(F)(F)F)c12. The van der Waals surface area contributed by atoms with Crippen molar-refractivity contribution >= 4 is 32.3 Å². The molecule has 0 spiro atoms. The predicted octanol–water partition coefficient (Wildman–Crippen LogP) is 6.52. The summed E-state index contributed by atoms with van der Waals surface area (Å²) in [6.45, 7) is 0. The van der Waals surface area contributed by atoms with Crippen LogP contribution in [0.1, 0.15) is 12.5 Å². The summed E-state index contributed by atoms with van der Waals surface area (Å²) in [6, 6.07) is 20.1. The van der Waals surface area contributed by atoms with Gasteiger partial charge in [0.15, 0.2) is 17.3 Å². The van der Waals surface area contributed by atoms with Crippen LogP contribution in [0.2, 0.25) is 0 Å². The van der Waals surface area contributed by atoms with Crippen molar-refractivity contribution < 1.29 is 40.7 Å². The first-order valence-electron chi connectivity index (χ1n) is 10.8. The summed E-state index contributed by atoms with van der Waals surface area (Å²) in [6.07, 6.45) is 0. The summed E-state index contributed by atoms with van der Waals surface area (Å²) in [5.41, 5.74) is -4.35. The van der Waals surface area contributed by atoms with Gasteiger partial charge in [-0.25, -0.2) is 9.38 Å². The van der Waals surface area contributed by atoms with Gasteiger partial charge in [0.05, 0.1) is 25.2 Å². The Hall–Kier alpha value is -3.99. The molecule has 0 bridgehead atoms. The Morgan fingerprint density at radius 1 is 0.917 bits per heavy atom. The maximum Gasteiger partial charge on any atom is 0.534 e. The van der Waals surface area contributed by atoms with E-state index in [-0.39, 0.29) is 11.1 Å². The number of methoxy groups -OCH3 is 1. The molecule has 0 amide bonds. The fourth-order valence-electron chi connectivity index (χ4n) is 3.44. The molecule has 0 atom stereocenters. The van der Waals surface area contributed by atoms with Crippen LogP contribution in [0.15, 0.2) is 83.9 Å². The lowest BCUT2D eigenvalue weighted by molar-refractivity contribution is -0.0499. The molecule has 4 aromatic carbocycles. The topological polar surface area (TPSA) is 65.0 Å². The molecule has 0 aliphatic carbocycles. The minimum Gasteiger partial charge on any atom is -0.493 e. The molecule has 5 nitrogen and oxygen atoms in total. The van der Waals surface area contributed by atoms with Gasteiger partial charge in [0.2, 0.25) is 5.82 Å². The third-order valence-corrected chi connectivity index (χ3v) is 5.96. The van der Waals surface area contributed by atoms with Gasteiger partial charge in [0.25, 0.3) is 0 Å². The van der Waals surface area contributed by atoms with Gasteiger partial charge < -0.3 is 8.92 Å². The number of aliphatic imine (C=N–C) groups is 1. The molecule has 0 fully saturated rings. The van der Waals surface area contributed by atoms with E-state index >= 15 is 0 Å². The van der Waals surface area contributed by atoms with E-state index in [1.165, 1.54) is 6.07 Å². The Bertz CT molecular complexity index is 1540. The minimum absolute atomic E-state index is 0.120. The summed E-state index contributed by atoms with van der Waals surface area (Å²) >= 11 is 0. The van der Waals surface area contributed by atoms with Crippen molar-refractivity contribution in [1.29, 1.82) is 0 Å². The van der Waals surface area contributed by atoms with Crippen LogP contribution in [0.3, 0.4) is 0 Å². The van der Waals surface area contributed by atoms with Crippen LogP contribution in [-0.2, 0) is 10.1 Å². The van der Waals surface area contributed by atoms with Crippen molar-refractivity contribution in [3.05, 3.63) is 102 Å². The van der Waals surface area contributed by atoms with E-state index in [1.807, 2.05) is 0 Å². The maximum atomic E-state index is 14.5. The molecule has 0 aromatic heterocycles. The number of hydrogen-bond donors (Lipinski definition) is 0. The first-order chi connectivity index (χ1) is 17.5. The molecule has 4 aromatic rings. The van der Waals surface area contributed by atoms with E-state index in [2.05, 4.69) is 9.18 Å². The molecule has 0 aliphatic heterocycles. The van der Waals surface area contributed by atoms with Gasteiger partial charge in [-0.1, -0.05) is 60.7 Å². The van der Waals surface area contributed by atoms with Gasteiger partial charge in [-0.2, -0.15) is 26.0 Å². The van der Waals surface area contributed by atoms with Crippen LogP contribution in [-0.4, -0.2) is 26.7 Å². The molecular formula is C25H16F5NO4S. The van der Waals surface area contributed by atoms with Crippen LogP contribution in [0.5, 0.6) is 11.5 Å². The Kier molecular flexibility index (Phi) is 6.31.